The number of fused-ring (bicyclic) bond motifs is 1. The minimum absolute atomic E-state index is 0.0304. The molecule has 1 aliphatic heterocycles. The minimum atomic E-state index is -0.395. The van der Waals surface area contributed by atoms with Crippen LogP contribution in [-0.4, -0.2) is 38.1 Å². The summed E-state index contributed by atoms with van der Waals surface area (Å²) >= 11 is 0. The number of benzene rings is 2. The molecule has 0 bridgehead atoms. The maximum atomic E-state index is 12.3. The lowest BCUT2D eigenvalue weighted by atomic mass is 9.96. The van der Waals surface area contributed by atoms with Crippen LogP contribution < -0.4 is 10.6 Å². The monoisotopic (exact) mass is 354 g/mol. The Hall–Kier alpha value is -2.40. The molecule has 0 aliphatic carbocycles. The van der Waals surface area contributed by atoms with E-state index in [-0.39, 0.29) is 24.5 Å². The highest BCUT2D eigenvalue weighted by Crippen LogP contribution is 2.18. The molecule has 2 unspecified atom stereocenters. The third-order valence-corrected chi connectivity index (χ3v) is 4.98. The van der Waals surface area contributed by atoms with Gasteiger partial charge < -0.3 is 15.4 Å². The first kappa shape index (κ1) is 18.4. The predicted molar refractivity (Wildman–Crippen MR) is 102 cm³/mol. The van der Waals surface area contributed by atoms with Crippen LogP contribution in [0.4, 0.5) is 0 Å². The summed E-state index contributed by atoms with van der Waals surface area (Å²) in [5.74, 6) is -0.721. The van der Waals surface area contributed by atoms with Gasteiger partial charge in [-0.1, -0.05) is 48.9 Å². The van der Waals surface area contributed by atoms with E-state index < -0.39 is 5.92 Å². The van der Waals surface area contributed by atoms with Crippen LogP contribution in [0, 0.1) is 5.92 Å². The van der Waals surface area contributed by atoms with Gasteiger partial charge in [-0.25, -0.2) is 0 Å². The zero-order valence-electron chi connectivity index (χ0n) is 15.2. The molecule has 1 amide bonds. The van der Waals surface area contributed by atoms with Gasteiger partial charge in [-0.15, -0.1) is 0 Å². The Labute approximate surface area is 154 Å². The van der Waals surface area contributed by atoms with E-state index in [0.29, 0.717) is 6.42 Å². The molecule has 1 heterocycles. The van der Waals surface area contributed by atoms with Gasteiger partial charge in [0.05, 0.1) is 19.1 Å². The molecule has 0 aromatic heterocycles. The fourth-order valence-corrected chi connectivity index (χ4v) is 3.48. The van der Waals surface area contributed by atoms with Gasteiger partial charge in [0.2, 0.25) is 5.91 Å². The van der Waals surface area contributed by atoms with Crippen LogP contribution in [0.15, 0.2) is 42.5 Å². The van der Waals surface area contributed by atoms with Gasteiger partial charge in [-0.05, 0) is 42.1 Å². The van der Waals surface area contributed by atoms with Gasteiger partial charge in [0, 0.05) is 6.54 Å². The number of nitrogens with one attached hydrogen (secondary N) is 2. The van der Waals surface area contributed by atoms with Crippen molar-refractivity contribution < 1.29 is 14.3 Å². The van der Waals surface area contributed by atoms with Crippen molar-refractivity contribution in [1.29, 1.82) is 0 Å². The Morgan fingerprint density at radius 2 is 2.00 bits per heavy atom. The molecule has 0 saturated carbocycles. The number of rotatable bonds is 6. The van der Waals surface area contributed by atoms with Gasteiger partial charge in [-0.2, -0.15) is 0 Å². The molecular formula is C21H26N2O3. The second-order valence-electron chi connectivity index (χ2n) is 6.85. The smallest absolute Gasteiger partial charge is 0.310 e. The number of carbonyl (C=O) groups excluding carboxylic acids is 2. The molecule has 138 valence electrons. The van der Waals surface area contributed by atoms with Gasteiger partial charge in [-0.3, -0.25) is 9.59 Å². The fourth-order valence-electron chi connectivity index (χ4n) is 3.48. The molecule has 2 N–H and O–H groups in total. The second-order valence-corrected chi connectivity index (χ2v) is 6.85. The van der Waals surface area contributed by atoms with Crippen LogP contribution in [0.25, 0.3) is 10.8 Å². The first-order valence-corrected chi connectivity index (χ1v) is 9.24. The van der Waals surface area contributed by atoms with Crippen LogP contribution in [0.3, 0.4) is 0 Å². The normalized spacial score (nSPS) is 18.3. The average Bonchev–Trinajstić information content (AvgIpc) is 2.70. The third-order valence-electron chi connectivity index (χ3n) is 4.98. The molecule has 2 aromatic carbocycles. The standard InChI is InChI=1S/C21H26N2O3/c1-26-21(25)18(14-23-20(24)19-8-4-5-11-22-19)13-15-9-10-16-6-2-3-7-17(16)12-15/h2-3,6-7,9-10,12,18-19,22H,4-5,8,11,13-14H2,1H3,(H,23,24). The number of ether oxygens (including phenoxy) is 1. The average molecular weight is 354 g/mol. The number of carbonyl (C=O) groups is 2. The molecule has 2 atom stereocenters. The van der Waals surface area contributed by atoms with Gasteiger partial charge in [0.25, 0.3) is 0 Å². The Kier molecular flexibility index (Phi) is 6.23. The van der Waals surface area contributed by atoms with E-state index >= 15 is 0 Å². The van der Waals surface area contributed by atoms with Crippen molar-refractivity contribution in [3.63, 3.8) is 0 Å². The van der Waals surface area contributed by atoms with Gasteiger partial charge >= 0.3 is 5.97 Å². The van der Waals surface area contributed by atoms with E-state index in [1.807, 2.05) is 18.2 Å². The number of hydrogen-bond acceptors (Lipinski definition) is 4. The molecular weight excluding hydrogens is 328 g/mol. The number of esters is 1. The Bertz CT molecular complexity index is 769. The van der Waals surface area contributed by atoms with E-state index in [4.69, 9.17) is 4.74 Å². The number of amides is 1. The van der Waals surface area contributed by atoms with E-state index in [9.17, 15) is 9.59 Å². The Morgan fingerprint density at radius 1 is 1.19 bits per heavy atom. The lowest BCUT2D eigenvalue weighted by molar-refractivity contribution is -0.145. The van der Waals surface area contributed by atoms with Crippen molar-refractivity contribution in [3.05, 3.63) is 48.0 Å². The Morgan fingerprint density at radius 3 is 2.73 bits per heavy atom. The van der Waals surface area contributed by atoms with Crippen molar-refractivity contribution in [1.82, 2.24) is 10.6 Å². The van der Waals surface area contributed by atoms with E-state index in [0.717, 1.165) is 36.8 Å². The van der Waals surface area contributed by atoms with Crippen LogP contribution in [0.1, 0.15) is 24.8 Å². The lowest BCUT2D eigenvalue weighted by Gasteiger charge is -2.23. The first-order chi connectivity index (χ1) is 12.7. The molecule has 1 saturated heterocycles. The summed E-state index contributed by atoms with van der Waals surface area (Å²) in [5.41, 5.74) is 1.06. The summed E-state index contributed by atoms with van der Waals surface area (Å²) in [6, 6.07) is 14.2. The summed E-state index contributed by atoms with van der Waals surface area (Å²) in [4.78, 5) is 24.5. The van der Waals surface area contributed by atoms with E-state index in [2.05, 4.69) is 34.9 Å². The van der Waals surface area contributed by atoms with Crippen LogP contribution in [0.5, 0.6) is 0 Å². The first-order valence-electron chi connectivity index (χ1n) is 9.24. The molecule has 0 radical (unpaired) electrons. The number of hydrogen-bond donors (Lipinski definition) is 2. The maximum Gasteiger partial charge on any atom is 0.310 e. The zero-order chi connectivity index (χ0) is 18.4. The summed E-state index contributed by atoms with van der Waals surface area (Å²) < 4.78 is 4.94. The SMILES string of the molecule is COC(=O)C(CNC(=O)C1CCCCN1)Cc1ccc2ccccc2c1. The van der Waals surface area contributed by atoms with E-state index in [1.165, 1.54) is 12.5 Å². The van der Waals surface area contributed by atoms with Crippen molar-refractivity contribution >= 4 is 22.6 Å². The quantitative estimate of drug-likeness (QED) is 0.782. The summed E-state index contributed by atoms with van der Waals surface area (Å²) in [7, 11) is 1.39. The lowest BCUT2D eigenvalue weighted by Crippen LogP contribution is -2.48. The molecule has 5 heteroatoms. The van der Waals surface area contributed by atoms with Crippen molar-refractivity contribution in [3.8, 4) is 0 Å². The highest BCUT2D eigenvalue weighted by Gasteiger charge is 2.24. The van der Waals surface area contributed by atoms with Crippen molar-refractivity contribution in [2.45, 2.75) is 31.7 Å². The third kappa shape index (κ3) is 4.61. The number of piperidine rings is 1. The molecule has 0 spiro atoms. The molecule has 3 rings (SSSR count). The zero-order valence-corrected chi connectivity index (χ0v) is 15.2. The second kappa shape index (κ2) is 8.81. The van der Waals surface area contributed by atoms with E-state index in [1.54, 1.807) is 0 Å². The Balaban J connectivity index is 1.65. The largest absolute Gasteiger partial charge is 0.469 e. The molecule has 26 heavy (non-hydrogen) atoms. The summed E-state index contributed by atoms with van der Waals surface area (Å²) in [5, 5.41) is 8.46. The molecule has 5 nitrogen and oxygen atoms in total. The number of methoxy groups -OCH3 is 1. The van der Waals surface area contributed by atoms with Crippen LogP contribution >= 0.6 is 0 Å². The summed E-state index contributed by atoms with van der Waals surface area (Å²) in [6.07, 6.45) is 3.55. The van der Waals surface area contributed by atoms with Gasteiger partial charge in [0.1, 0.15) is 0 Å². The predicted octanol–water partition coefficient (Wildman–Crippen LogP) is 2.43. The summed E-state index contributed by atoms with van der Waals surface area (Å²) in [6.45, 7) is 1.16. The van der Waals surface area contributed by atoms with Crippen molar-refractivity contribution in [2.24, 2.45) is 5.92 Å². The van der Waals surface area contributed by atoms with Crippen LogP contribution in [-0.2, 0) is 20.7 Å². The van der Waals surface area contributed by atoms with Crippen LogP contribution in [0.2, 0.25) is 0 Å². The van der Waals surface area contributed by atoms with Gasteiger partial charge in [0.15, 0.2) is 0 Å². The highest BCUT2D eigenvalue weighted by molar-refractivity contribution is 5.84. The fraction of sp³-hybridized carbons (Fsp3) is 0.429. The molecule has 2 aromatic rings. The minimum Gasteiger partial charge on any atom is -0.469 e. The van der Waals surface area contributed by atoms with Crippen molar-refractivity contribution in [2.75, 3.05) is 20.2 Å². The molecule has 1 aliphatic rings. The highest BCUT2D eigenvalue weighted by atomic mass is 16.5. The molecule has 1 fully saturated rings. The topological polar surface area (TPSA) is 67.4 Å². The maximum absolute atomic E-state index is 12.3.